The molecule has 0 N–H and O–H groups in total. The Morgan fingerprint density at radius 3 is 2.44 bits per heavy atom. The third-order valence-electron chi connectivity index (χ3n) is 1.94. The highest BCUT2D eigenvalue weighted by Gasteiger charge is 2.35. The Morgan fingerprint density at radius 2 is 2.00 bits per heavy atom. The van der Waals surface area contributed by atoms with Gasteiger partial charge in [0, 0.05) is 13.1 Å². The van der Waals surface area contributed by atoms with Gasteiger partial charge in [0.25, 0.3) is 5.56 Å². The summed E-state index contributed by atoms with van der Waals surface area (Å²) in [4.78, 5) is 22.4. The van der Waals surface area contributed by atoms with E-state index in [1.807, 2.05) is 5.92 Å². The minimum Gasteiger partial charge on any atom is -0.277 e. The summed E-state index contributed by atoms with van der Waals surface area (Å²) in [6.07, 6.45) is 0.0770. The average Bonchev–Trinajstić information content (AvgIpc) is 2.17. The maximum absolute atomic E-state index is 12.5. The number of halogens is 3. The first kappa shape index (κ1) is 12.1. The van der Waals surface area contributed by atoms with E-state index in [-0.39, 0.29) is 0 Å². The summed E-state index contributed by atoms with van der Waals surface area (Å²) in [6, 6.07) is 0.346. The molecule has 0 aromatic carbocycles. The van der Waals surface area contributed by atoms with Crippen LogP contribution in [-0.2, 0) is 19.8 Å². The summed E-state index contributed by atoms with van der Waals surface area (Å²) in [5.41, 5.74) is -3.44. The van der Waals surface area contributed by atoms with Gasteiger partial charge in [-0.1, -0.05) is 5.92 Å². The van der Waals surface area contributed by atoms with Crippen LogP contribution in [-0.4, -0.2) is 9.13 Å². The van der Waals surface area contributed by atoms with Crippen molar-refractivity contribution in [3.8, 4) is 12.3 Å². The maximum Gasteiger partial charge on any atom is 0.431 e. The van der Waals surface area contributed by atoms with Crippen molar-refractivity contribution in [1.29, 1.82) is 0 Å². The van der Waals surface area contributed by atoms with Gasteiger partial charge in [-0.25, -0.2) is 4.79 Å². The summed E-state index contributed by atoms with van der Waals surface area (Å²) >= 11 is 0. The molecule has 0 bridgehead atoms. The fourth-order valence-electron chi connectivity index (χ4n) is 1.15. The summed E-state index contributed by atoms with van der Waals surface area (Å²) < 4.78 is 38.4. The number of alkyl halides is 3. The molecule has 0 saturated carbocycles. The Kier molecular flexibility index (Phi) is 2.94. The molecule has 4 nitrogen and oxygen atoms in total. The quantitative estimate of drug-likeness (QED) is 0.649. The second-order valence-corrected chi connectivity index (χ2v) is 3.00. The highest BCUT2D eigenvalue weighted by molar-refractivity contribution is 5.08. The second-order valence-electron chi connectivity index (χ2n) is 3.00. The van der Waals surface area contributed by atoms with E-state index in [0.29, 0.717) is 15.2 Å². The largest absolute Gasteiger partial charge is 0.431 e. The van der Waals surface area contributed by atoms with Crippen LogP contribution in [0.5, 0.6) is 0 Å². The van der Waals surface area contributed by atoms with Gasteiger partial charge in [0.15, 0.2) is 0 Å². The number of aromatic nitrogens is 2. The van der Waals surface area contributed by atoms with Crippen LogP contribution in [0.1, 0.15) is 5.69 Å². The monoisotopic (exact) mass is 232 g/mol. The third kappa shape index (κ3) is 2.00. The topological polar surface area (TPSA) is 44.0 Å². The number of nitrogens with zero attached hydrogens (tertiary/aromatic N) is 2. The van der Waals surface area contributed by atoms with Crippen molar-refractivity contribution in [2.24, 2.45) is 7.05 Å². The van der Waals surface area contributed by atoms with Crippen molar-refractivity contribution in [2.75, 3.05) is 0 Å². The standard InChI is InChI=1S/C9H7F3N2O2/c1-3-4-14-6(9(10,11)12)5-7(15)13(2)8(14)16/h1,5H,4H2,2H3. The molecule has 0 radical (unpaired) electrons. The zero-order chi connectivity index (χ0) is 12.5. The predicted molar refractivity (Wildman–Crippen MR) is 49.8 cm³/mol. The molecular formula is C9H7F3N2O2. The molecule has 0 aliphatic rings. The first-order valence-corrected chi connectivity index (χ1v) is 4.10. The van der Waals surface area contributed by atoms with Crippen molar-refractivity contribution in [2.45, 2.75) is 12.7 Å². The summed E-state index contributed by atoms with van der Waals surface area (Å²) in [5, 5.41) is 0. The molecule has 0 fully saturated rings. The summed E-state index contributed by atoms with van der Waals surface area (Å²) in [5.74, 6) is 1.93. The lowest BCUT2D eigenvalue weighted by molar-refractivity contribution is -0.144. The molecule has 0 saturated heterocycles. The molecule has 0 atom stereocenters. The lowest BCUT2D eigenvalue weighted by Gasteiger charge is -2.13. The van der Waals surface area contributed by atoms with Crippen molar-refractivity contribution in [1.82, 2.24) is 9.13 Å². The highest BCUT2D eigenvalue weighted by atomic mass is 19.4. The van der Waals surface area contributed by atoms with Gasteiger partial charge in [0.2, 0.25) is 0 Å². The molecule has 7 heteroatoms. The van der Waals surface area contributed by atoms with Crippen LogP contribution in [0.15, 0.2) is 15.7 Å². The Labute approximate surface area is 87.9 Å². The highest BCUT2D eigenvalue weighted by Crippen LogP contribution is 2.27. The second kappa shape index (κ2) is 3.89. The molecule has 0 aliphatic heterocycles. The van der Waals surface area contributed by atoms with Crippen LogP contribution in [0.4, 0.5) is 13.2 Å². The van der Waals surface area contributed by atoms with E-state index in [4.69, 9.17) is 6.42 Å². The van der Waals surface area contributed by atoms with E-state index in [0.717, 1.165) is 7.05 Å². The predicted octanol–water partition coefficient (Wildman–Crippen LogP) is 0.199. The van der Waals surface area contributed by atoms with Crippen LogP contribution in [0.25, 0.3) is 0 Å². The van der Waals surface area contributed by atoms with Crippen LogP contribution in [0.3, 0.4) is 0 Å². The van der Waals surface area contributed by atoms with Crippen LogP contribution >= 0.6 is 0 Å². The van der Waals surface area contributed by atoms with Gasteiger partial charge in [0.1, 0.15) is 5.69 Å². The lowest BCUT2D eigenvalue weighted by Crippen LogP contribution is -2.41. The van der Waals surface area contributed by atoms with Gasteiger partial charge in [-0.05, 0) is 0 Å². The van der Waals surface area contributed by atoms with E-state index < -0.39 is 29.7 Å². The van der Waals surface area contributed by atoms with Crippen molar-refractivity contribution >= 4 is 0 Å². The molecule has 0 unspecified atom stereocenters. The number of hydrogen-bond donors (Lipinski definition) is 0. The van der Waals surface area contributed by atoms with Gasteiger partial charge in [0.05, 0.1) is 6.54 Å². The lowest BCUT2D eigenvalue weighted by atomic mass is 10.3. The van der Waals surface area contributed by atoms with Crippen LogP contribution < -0.4 is 11.2 Å². The van der Waals surface area contributed by atoms with E-state index >= 15 is 0 Å². The summed E-state index contributed by atoms with van der Waals surface area (Å²) in [6.45, 7) is -0.540. The molecule has 1 heterocycles. The number of hydrogen-bond acceptors (Lipinski definition) is 2. The Morgan fingerprint density at radius 1 is 1.44 bits per heavy atom. The Balaban J connectivity index is 3.69. The number of rotatable bonds is 1. The molecule has 0 amide bonds. The maximum atomic E-state index is 12.5. The number of terminal acetylenes is 1. The Bertz CT molecular complexity index is 560. The van der Waals surface area contributed by atoms with Crippen LogP contribution in [0, 0.1) is 12.3 Å². The van der Waals surface area contributed by atoms with Crippen LogP contribution in [0.2, 0.25) is 0 Å². The molecule has 1 aromatic rings. The first-order chi connectivity index (χ1) is 7.29. The minimum absolute atomic E-state index is 0.335. The van der Waals surface area contributed by atoms with Crippen molar-refractivity contribution in [3.63, 3.8) is 0 Å². The average molecular weight is 232 g/mol. The molecule has 16 heavy (non-hydrogen) atoms. The summed E-state index contributed by atoms with van der Waals surface area (Å²) in [7, 11) is 1.08. The fourth-order valence-corrected chi connectivity index (χ4v) is 1.15. The van der Waals surface area contributed by atoms with E-state index in [1.165, 1.54) is 0 Å². The molecule has 1 rings (SSSR count). The minimum atomic E-state index is -4.79. The fraction of sp³-hybridized carbons (Fsp3) is 0.333. The first-order valence-electron chi connectivity index (χ1n) is 4.10. The smallest absolute Gasteiger partial charge is 0.277 e. The van der Waals surface area contributed by atoms with E-state index in [1.54, 1.807) is 0 Å². The molecule has 0 aliphatic carbocycles. The zero-order valence-electron chi connectivity index (χ0n) is 8.21. The zero-order valence-corrected chi connectivity index (χ0v) is 8.21. The molecule has 86 valence electrons. The van der Waals surface area contributed by atoms with Gasteiger partial charge in [-0.2, -0.15) is 13.2 Å². The third-order valence-corrected chi connectivity index (χ3v) is 1.94. The van der Waals surface area contributed by atoms with Gasteiger partial charge >= 0.3 is 11.9 Å². The van der Waals surface area contributed by atoms with E-state index in [2.05, 4.69) is 0 Å². The molecular weight excluding hydrogens is 225 g/mol. The van der Waals surface area contributed by atoms with Gasteiger partial charge in [-0.15, -0.1) is 6.42 Å². The molecule has 1 aromatic heterocycles. The van der Waals surface area contributed by atoms with Gasteiger partial charge in [-0.3, -0.25) is 13.9 Å². The van der Waals surface area contributed by atoms with Gasteiger partial charge < -0.3 is 0 Å². The molecule has 0 spiro atoms. The normalized spacial score (nSPS) is 11.2. The van der Waals surface area contributed by atoms with Crippen molar-refractivity contribution < 1.29 is 13.2 Å². The Hall–Kier alpha value is -1.97. The van der Waals surface area contributed by atoms with Crippen molar-refractivity contribution in [3.05, 3.63) is 32.6 Å². The SMILES string of the molecule is C#CCn1c(C(F)(F)F)cc(=O)n(C)c1=O. The van der Waals surface area contributed by atoms with E-state index in [9.17, 15) is 22.8 Å².